The number of benzene rings is 3. The van der Waals surface area contributed by atoms with Crippen LogP contribution in [-0.2, 0) is 4.79 Å². The lowest BCUT2D eigenvalue weighted by Crippen LogP contribution is -2.24. The van der Waals surface area contributed by atoms with Gasteiger partial charge in [0.2, 0.25) is 0 Å². The normalized spacial score (nSPS) is 10.4. The van der Waals surface area contributed by atoms with Gasteiger partial charge in [-0.25, -0.2) is 10.2 Å². The van der Waals surface area contributed by atoms with Crippen molar-refractivity contribution in [1.29, 1.82) is 0 Å². The van der Waals surface area contributed by atoms with Crippen molar-refractivity contribution in [3.05, 3.63) is 90.0 Å². The third kappa shape index (κ3) is 6.79. The van der Waals surface area contributed by atoms with Gasteiger partial charge in [-0.15, -0.1) is 0 Å². The molecule has 3 rings (SSSR count). The van der Waals surface area contributed by atoms with Crippen molar-refractivity contribution >= 4 is 29.5 Å². The minimum atomic E-state index is -0.433. The number of anilines is 2. The predicted molar refractivity (Wildman–Crippen MR) is 118 cm³/mol. The smallest absolute Gasteiger partial charge is 0.339 e. The number of amides is 3. The molecule has 0 fully saturated rings. The molecule has 0 aliphatic rings. The molecule has 0 aliphatic heterocycles. The Bertz CT molecular complexity index is 1020. The van der Waals surface area contributed by atoms with Gasteiger partial charge in [-0.3, -0.25) is 4.79 Å². The molecule has 152 valence electrons. The lowest BCUT2D eigenvalue weighted by molar-refractivity contribution is -0.118. The number of carbonyl (C=O) groups is 2. The zero-order valence-electron chi connectivity index (χ0n) is 16.5. The molecule has 0 aromatic heterocycles. The largest absolute Gasteiger partial charge is 0.484 e. The van der Waals surface area contributed by atoms with E-state index >= 15 is 0 Å². The highest BCUT2D eigenvalue weighted by atomic mass is 16.5. The van der Waals surface area contributed by atoms with E-state index in [1.807, 2.05) is 49.4 Å². The summed E-state index contributed by atoms with van der Waals surface area (Å²) >= 11 is 0. The van der Waals surface area contributed by atoms with Gasteiger partial charge in [-0.05, 0) is 66.6 Å². The Labute approximate surface area is 174 Å². The van der Waals surface area contributed by atoms with Crippen LogP contribution in [0.2, 0.25) is 0 Å². The van der Waals surface area contributed by atoms with E-state index in [0.717, 1.165) is 16.8 Å². The minimum absolute atomic E-state index is 0.0947. The van der Waals surface area contributed by atoms with Gasteiger partial charge in [-0.1, -0.05) is 30.3 Å². The standard InChI is InChI=1S/C23H22N4O3/c1-17-6-5-9-20(14-17)25-22(28)16-30-21-12-10-18(11-13-21)15-24-27-23(29)26-19-7-3-2-4-8-19/h2-15H,16H2,1H3,(H,25,28)(H2,26,27,29)/b24-15-. The zero-order chi connectivity index (χ0) is 21.2. The molecular weight excluding hydrogens is 380 g/mol. The van der Waals surface area contributed by atoms with E-state index < -0.39 is 6.03 Å². The number of para-hydroxylation sites is 1. The summed E-state index contributed by atoms with van der Waals surface area (Å²) in [6.07, 6.45) is 1.51. The Morgan fingerprint density at radius 1 is 0.900 bits per heavy atom. The van der Waals surface area contributed by atoms with E-state index in [9.17, 15) is 9.59 Å². The van der Waals surface area contributed by atoms with Crippen molar-refractivity contribution in [3.63, 3.8) is 0 Å². The number of nitrogens with one attached hydrogen (secondary N) is 3. The maximum atomic E-state index is 12.0. The molecule has 7 nitrogen and oxygen atoms in total. The van der Waals surface area contributed by atoms with E-state index in [1.54, 1.807) is 36.4 Å². The summed E-state index contributed by atoms with van der Waals surface area (Å²) in [5.74, 6) is 0.321. The Hall–Kier alpha value is -4.13. The molecule has 0 radical (unpaired) electrons. The minimum Gasteiger partial charge on any atom is -0.484 e. The molecular formula is C23H22N4O3. The summed E-state index contributed by atoms with van der Waals surface area (Å²) in [6.45, 7) is 1.87. The van der Waals surface area contributed by atoms with Crippen LogP contribution in [0.25, 0.3) is 0 Å². The summed E-state index contributed by atoms with van der Waals surface area (Å²) in [5.41, 5.74) is 5.65. The number of carbonyl (C=O) groups excluding carboxylic acids is 2. The zero-order valence-corrected chi connectivity index (χ0v) is 16.5. The average molecular weight is 402 g/mol. The SMILES string of the molecule is Cc1cccc(NC(=O)COc2ccc(/C=N\NC(=O)Nc3ccccc3)cc2)c1. The first-order valence-corrected chi connectivity index (χ1v) is 9.33. The van der Waals surface area contributed by atoms with Crippen molar-refractivity contribution in [2.45, 2.75) is 6.92 Å². The third-order valence-corrected chi connectivity index (χ3v) is 3.96. The Morgan fingerprint density at radius 3 is 2.37 bits per heavy atom. The maximum absolute atomic E-state index is 12.0. The van der Waals surface area contributed by atoms with Crippen molar-refractivity contribution in [2.75, 3.05) is 17.2 Å². The van der Waals surface area contributed by atoms with Gasteiger partial charge in [0.15, 0.2) is 6.61 Å². The van der Waals surface area contributed by atoms with Crippen LogP contribution in [0.4, 0.5) is 16.2 Å². The highest BCUT2D eigenvalue weighted by molar-refractivity contribution is 5.92. The molecule has 0 spiro atoms. The highest BCUT2D eigenvalue weighted by Crippen LogP contribution is 2.12. The molecule has 0 bridgehead atoms. The lowest BCUT2D eigenvalue weighted by atomic mass is 10.2. The maximum Gasteiger partial charge on any atom is 0.339 e. The van der Waals surface area contributed by atoms with Gasteiger partial charge < -0.3 is 15.4 Å². The summed E-state index contributed by atoms with van der Waals surface area (Å²) in [7, 11) is 0. The van der Waals surface area contributed by atoms with Gasteiger partial charge in [0.05, 0.1) is 6.21 Å². The van der Waals surface area contributed by atoms with E-state index in [2.05, 4.69) is 21.2 Å². The molecule has 0 saturated heterocycles. The van der Waals surface area contributed by atoms with E-state index in [-0.39, 0.29) is 12.5 Å². The second kappa shape index (κ2) is 10.4. The van der Waals surface area contributed by atoms with Gasteiger partial charge in [0.1, 0.15) is 5.75 Å². The van der Waals surface area contributed by atoms with Crippen LogP contribution in [-0.4, -0.2) is 24.8 Å². The van der Waals surface area contributed by atoms with Crippen LogP contribution >= 0.6 is 0 Å². The van der Waals surface area contributed by atoms with Crippen LogP contribution < -0.4 is 20.8 Å². The second-order valence-electron chi connectivity index (χ2n) is 6.47. The topological polar surface area (TPSA) is 91.8 Å². The van der Waals surface area contributed by atoms with Gasteiger partial charge in [-0.2, -0.15) is 5.10 Å². The average Bonchev–Trinajstić information content (AvgIpc) is 2.74. The highest BCUT2D eigenvalue weighted by Gasteiger charge is 2.04. The number of urea groups is 1. The van der Waals surface area contributed by atoms with Crippen molar-refractivity contribution < 1.29 is 14.3 Å². The number of aryl methyl sites for hydroxylation is 1. The fraction of sp³-hybridized carbons (Fsp3) is 0.0870. The summed E-state index contributed by atoms with van der Waals surface area (Å²) in [4.78, 5) is 23.8. The predicted octanol–water partition coefficient (Wildman–Crippen LogP) is 4.17. The summed E-state index contributed by atoms with van der Waals surface area (Å²) in [6, 6.07) is 23.2. The number of rotatable bonds is 7. The second-order valence-corrected chi connectivity index (χ2v) is 6.47. The quantitative estimate of drug-likeness (QED) is 0.409. The fourth-order valence-corrected chi connectivity index (χ4v) is 2.56. The first-order chi connectivity index (χ1) is 14.6. The van der Waals surface area contributed by atoms with Crippen LogP contribution in [0.1, 0.15) is 11.1 Å². The summed E-state index contributed by atoms with van der Waals surface area (Å²) in [5, 5.41) is 9.36. The van der Waals surface area contributed by atoms with Crippen LogP contribution in [0, 0.1) is 6.92 Å². The van der Waals surface area contributed by atoms with E-state index in [1.165, 1.54) is 6.21 Å². The summed E-state index contributed by atoms with van der Waals surface area (Å²) < 4.78 is 5.50. The van der Waals surface area contributed by atoms with E-state index in [0.29, 0.717) is 11.4 Å². The lowest BCUT2D eigenvalue weighted by Gasteiger charge is -2.08. The molecule has 3 aromatic rings. The van der Waals surface area contributed by atoms with Gasteiger partial charge in [0, 0.05) is 11.4 Å². The monoisotopic (exact) mass is 402 g/mol. The molecule has 0 heterocycles. The Morgan fingerprint density at radius 2 is 1.63 bits per heavy atom. The molecule has 3 N–H and O–H groups in total. The van der Waals surface area contributed by atoms with Gasteiger partial charge >= 0.3 is 6.03 Å². The van der Waals surface area contributed by atoms with Crippen LogP contribution in [0.3, 0.4) is 0 Å². The Balaban J connectivity index is 1.42. The molecule has 0 aliphatic carbocycles. The Kier molecular flexibility index (Phi) is 7.16. The molecule has 3 aromatic carbocycles. The number of hydrazone groups is 1. The molecule has 0 unspecified atom stereocenters. The van der Waals surface area contributed by atoms with Crippen LogP contribution in [0.5, 0.6) is 5.75 Å². The van der Waals surface area contributed by atoms with Crippen molar-refractivity contribution in [2.24, 2.45) is 5.10 Å². The molecule has 0 atom stereocenters. The van der Waals surface area contributed by atoms with E-state index in [4.69, 9.17) is 4.74 Å². The molecule has 30 heavy (non-hydrogen) atoms. The number of hydrogen-bond acceptors (Lipinski definition) is 4. The van der Waals surface area contributed by atoms with Crippen LogP contribution in [0.15, 0.2) is 84.0 Å². The number of nitrogens with zero attached hydrogens (tertiary/aromatic N) is 1. The van der Waals surface area contributed by atoms with Crippen molar-refractivity contribution in [3.8, 4) is 5.75 Å². The molecule has 7 heteroatoms. The molecule has 0 saturated carbocycles. The molecule has 3 amide bonds. The fourth-order valence-electron chi connectivity index (χ4n) is 2.56. The van der Waals surface area contributed by atoms with Crippen molar-refractivity contribution in [1.82, 2.24) is 5.43 Å². The third-order valence-electron chi connectivity index (χ3n) is 3.96. The first-order valence-electron chi connectivity index (χ1n) is 9.33. The first kappa shape index (κ1) is 20.6. The number of hydrogen-bond donors (Lipinski definition) is 3. The van der Waals surface area contributed by atoms with Gasteiger partial charge in [0.25, 0.3) is 5.91 Å². The number of ether oxygens (including phenoxy) is 1.